The number of pyridine rings is 1. The van der Waals surface area contributed by atoms with Gasteiger partial charge in [0.2, 0.25) is 0 Å². The molecule has 0 saturated heterocycles. The van der Waals surface area contributed by atoms with Gasteiger partial charge in [-0.2, -0.15) is 0 Å². The molecule has 2 aromatic rings. The lowest BCUT2D eigenvalue weighted by Gasteiger charge is -2.17. The second-order valence-corrected chi connectivity index (χ2v) is 4.97. The zero-order chi connectivity index (χ0) is 15.8. The third kappa shape index (κ3) is 4.95. The molecule has 2 atom stereocenters. The number of rotatable bonds is 7. The second kappa shape index (κ2) is 8.26. The largest absolute Gasteiger partial charge is 0.389 e. The normalized spacial score (nSPS) is 13.4. The number of hydrogen-bond donors (Lipinski definition) is 2. The Morgan fingerprint density at radius 3 is 2.64 bits per heavy atom. The highest BCUT2D eigenvalue weighted by molar-refractivity contribution is 5.92. The van der Waals surface area contributed by atoms with Crippen LogP contribution in [0.5, 0.6) is 0 Å². The van der Waals surface area contributed by atoms with Gasteiger partial charge in [0.25, 0.3) is 5.91 Å². The Morgan fingerprint density at radius 1 is 1.23 bits per heavy atom. The fourth-order valence-electron chi connectivity index (χ4n) is 1.93. The van der Waals surface area contributed by atoms with Gasteiger partial charge < -0.3 is 15.2 Å². The van der Waals surface area contributed by atoms with E-state index in [1.807, 2.05) is 37.3 Å². The lowest BCUT2D eigenvalue weighted by Crippen LogP contribution is -2.35. The van der Waals surface area contributed by atoms with Crippen LogP contribution in [-0.4, -0.2) is 35.3 Å². The highest BCUT2D eigenvalue weighted by Crippen LogP contribution is 2.15. The second-order valence-electron chi connectivity index (χ2n) is 4.97. The van der Waals surface area contributed by atoms with Crippen LogP contribution < -0.4 is 5.32 Å². The van der Waals surface area contributed by atoms with Crippen molar-refractivity contribution in [3.05, 3.63) is 66.0 Å². The van der Waals surface area contributed by atoms with E-state index in [9.17, 15) is 9.90 Å². The van der Waals surface area contributed by atoms with Gasteiger partial charge in [0, 0.05) is 12.7 Å². The summed E-state index contributed by atoms with van der Waals surface area (Å²) >= 11 is 0. The number of hydrogen-bond acceptors (Lipinski definition) is 4. The summed E-state index contributed by atoms with van der Waals surface area (Å²) in [6.07, 6.45) is 0.678. The average molecular weight is 300 g/mol. The number of aliphatic hydroxyl groups excluding tert-OH is 1. The summed E-state index contributed by atoms with van der Waals surface area (Å²) in [5, 5.41) is 12.5. The molecule has 1 aromatic heterocycles. The zero-order valence-corrected chi connectivity index (χ0v) is 12.5. The molecule has 0 bridgehead atoms. The Labute approximate surface area is 130 Å². The topological polar surface area (TPSA) is 71.5 Å². The number of benzene rings is 1. The molecule has 22 heavy (non-hydrogen) atoms. The van der Waals surface area contributed by atoms with Crippen LogP contribution in [0.3, 0.4) is 0 Å². The number of carbonyl (C=O) groups excluding carboxylic acids is 1. The Morgan fingerprint density at radius 2 is 1.95 bits per heavy atom. The molecule has 0 aliphatic carbocycles. The Hall–Kier alpha value is -2.24. The van der Waals surface area contributed by atoms with Crippen molar-refractivity contribution < 1.29 is 14.6 Å². The minimum absolute atomic E-state index is 0.109. The third-order valence-corrected chi connectivity index (χ3v) is 3.20. The number of aliphatic hydroxyl groups is 1. The lowest BCUT2D eigenvalue weighted by molar-refractivity contribution is -0.00173. The van der Waals surface area contributed by atoms with Crippen molar-refractivity contribution in [2.75, 3.05) is 13.2 Å². The lowest BCUT2D eigenvalue weighted by atomic mass is 10.1. The van der Waals surface area contributed by atoms with Crippen molar-refractivity contribution >= 4 is 5.91 Å². The van der Waals surface area contributed by atoms with E-state index in [0.29, 0.717) is 5.69 Å². The molecule has 1 aromatic carbocycles. The van der Waals surface area contributed by atoms with E-state index in [2.05, 4.69) is 10.3 Å². The summed E-state index contributed by atoms with van der Waals surface area (Å²) in [6, 6.07) is 14.9. The van der Waals surface area contributed by atoms with E-state index >= 15 is 0 Å². The molecule has 0 fully saturated rings. The standard InChI is InChI=1S/C17H20N2O3/c1-13(14-7-3-2-4-8-14)22-12-15(20)11-19-17(21)16-9-5-6-10-18-16/h2-10,13,15,20H,11-12H2,1H3,(H,19,21)/t13-,15+/m0/s1. The molecule has 0 spiro atoms. The van der Waals surface area contributed by atoms with Crippen LogP contribution in [0.4, 0.5) is 0 Å². The van der Waals surface area contributed by atoms with Crippen molar-refractivity contribution in [2.45, 2.75) is 19.1 Å². The van der Waals surface area contributed by atoms with Crippen molar-refractivity contribution in [3.8, 4) is 0 Å². The maximum absolute atomic E-state index is 11.8. The number of aromatic nitrogens is 1. The Bertz CT molecular complexity index is 575. The third-order valence-electron chi connectivity index (χ3n) is 3.20. The maximum atomic E-state index is 11.8. The molecule has 0 aliphatic rings. The number of nitrogens with one attached hydrogen (secondary N) is 1. The van der Waals surface area contributed by atoms with Crippen molar-refractivity contribution in [1.29, 1.82) is 0 Å². The van der Waals surface area contributed by atoms with Gasteiger partial charge in [0.05, 0.1) is 18.8 Å². The molecular weight excluding hydrogens is 280 g/mol. The first-order valence-electron chi connectivity index (χ1n) is 7.20. The monoisotopic (exact) mass is 300 g/mol. The van der Waals surface area contributed by atoms with E-state index < -0.39 is 6.10 Å². The van der Waals surface area contributed by atoms with Gasteiger partial charge >= 0.3 is 0 Å². The van der Waals surface area contributed by atoms with E-state index in [1.54, 1.807) is 24.4 Å². The Balaban J connectivity index is 1.72. The highest BCUT2D eigenvalue weighted by Gasteiger charge is 2.12. The fraction of sp³-hybridized carbons (Fsp3) is 0.294. The maximum Gasteiger partial charge on any atom is 0.269 e. The molecule has 0 aliphatic heterocycles. The average Bonchev–Trinajstić information content (AvgIpc) is 2.59. The fourth-order valence-corrected chi connectivity index (χ4v) is 1.93. The number of carbonyl (C=O) groups is 1. The summed E-state index contributed by atoms with van der Waals surface area (Å²) < 4.78 is 5.61. The van der Waals surface area contributed by atoms with Crippen molar-refractivity contribution in [3.63, 3.8) is 0 Å². The smallest absolute Gasteiger partial charge is 0.269 e. The van der Waals surface area contributed by atoms with Crippen LogP contribution in [-0.2, 0) is 4.74 Å². The minimum Gasteiger partial charge on any atom is -0.389 e. The van der Waals surface area contributed by atoms with E-state index in [4.69, 9.17) is 4.74 Å². The summed E-state index contributed by atoms with van der Waals surface area (Å²) in [5.41, 5.74) is 1.38. The highest BCUT2D eigenvalue weighted by atomic mass is 16.5. The van der Waals surface area contributed by atoms with Gasteiger partial charge in [-0.25, -0.2) is 0 Å². The molecule has 116 valence electrons. The van der Waals surface area contributed by atoms with E-state index in [-0.39, 0.29) is 25.2 Å². The van der Waals surface area contributed by atoms with E-state index in [1.165, 1.54) is 0 Å². The quantitative estimate of drug-likeness (QED) is 0.820. The SMILES string of the molecule is C[C@H](OC[C@H](O)CNC(=O)c1ccccn1)c1ccccc1. The van der Waals surface area contributed by atoms with Crippen LogP contribution in [0, 0.1) is 0 Å². The molecule has 5 nitrogen and oxygen atoms in total. The van der Waals surface area contributed by atoms with Gasteiger partial charge in [-0.3, -0.25) is 9.78 Å². The number of ether oxygens (including phenoxy) is 1. The van der Waals surface area contributed by atoms with Crippen LogP contribution in [0.2, 0.25) is 0 Å². The van der Waals surface area contributed by atoms with Gasteiger partial charge in [-0.1, -0.05) is 36.4 Å². The van der Waals surface area contributed by atoms with Gasteiger partial charge in [-0.15, -0.1) is 0 Å². The predicted molar refractivity (Wildman–Crippen MR) is 83.4 cm³/mol. The van der Waals surface area contributed by atoms with E-state index in [0.717, 1.165) is 5.56 Å². The summed E-state index contributed by atoms with van der Waals surface area (Å²) in [7, 11) is 0. The number of amides is 1. The summed E-state index contributed by atoms with van der Waals surface area (Å²) in [6.45, 7) is 2.20. The van der Waals surface area contributed by atoms with Gasteiger partial charge in [0.15, 0.2) is 0 Å². The van der Waals surface area contributed by atoms with Crippen LogP contribution in [0.15, 0.2) is 54.7 Å². The van der Waals surface area contributed by atoms with Crippen LogP contribution in [0.25, 0.3) is 0 Å². The zero-order valence-electron chi connectivity index (χ0n) is 12.5. The van der Waals surface area contributed by atoms with Gasteiger partial charge in [-0.05, 0) is 24.6 Å². The first-order chi connectivity index (χ1) is 10.7. The summed E-state index contributed by atoms with van der Waals surface area (Å²) in [5.74, 6) is -0.309. The molecule has 2 rings (SSSR count). The predicted octanol–water partition coefficient (Wildman–Crippen LogP) is 1.95. The molecule has 0 radical (unpaired) electrons. The minimum atomic E-state index is -0.765. The Kier molecular flexibility index (Phi) is 6.06. The molecular formula is C17H20N2O3. The van der Waals surface area contributed by atoms with Crippen molar-refractivity contribution in [2.24, 2.45) is 0 Å². The molecule has 1 heterocycles. The van der Waals surface area contributed by atoms with Gasteiger partial charge in [0.1, 0.15) is 5.69 Å². The first-order valence-corrected chi connectivity index (χ1v) is 7.20. The number of nitrogens with zero attached hydrogens (tertiary/aromatic N) is 1. The molecule has 1 amide bonds. The van der Waals surface area contributed by atoms with Crippen LogP contribution in [0.1, 0.15) is 29.1 Å². The van der Waals surface area contributed by atoms with Crippen molar-refractivity contribution in [1.82, 2.24) is 10.3 Å². The molecule has 0 unspecified atom stereocenters. The molecule has 2 N–H and O–H groups in total. The van der Waals surface area contributed by atoms with Crippen LogP contribution >= 0.6 is 0 Å². The summed E-state index contributed by atoms with van der Waals surface area (Å²) in [4.78, 5) is 15.7. The first kappa shape index (κ1) is 16.1. The molecule has 0 saturated carbocycles. The molecule has 5 heteroatoms.